The molecule has 0 nitrogen and oxygen atoms in total. The van der Waals surface area contributed by atoms with E-state index in [0.717, 1.165) is 23.7 Å². The predicted molar refractivity (Wildman–Crippen MR) is 66.6 cm³/mol. The van der Waals surface area contributed by atoms with E-state index in [1.165, 1.54) is 38.5 Å². The minimum Gasteiger partial charge on any atom is -0.0620 e. The molecule has 0 N–H and O–H groups in total. The quantitative estimate of drug-likeness (QED) is 0.595. The van der Waals surface area contributed by atoms with Crippen molar-refractivity contribution in [3.63, 3.8) is 0 Å². The highest BCUT2D eigenvalue weighted by Crippen LogP contribution is 2.59. The van der Waals surface area contributed by atoms with Crippen LogP contribution in [0.4, 0.5) is 0 Å². The molecule has 3 aliphatic rings. The average molecular weight is 212 g/mol. The molecule has 0 aromatic heterocycles. The second-order valence-corrected chi connectivity index (χ2v) is 6.04. The zero-order chi connectivity index (χ0) is 10.5. The third kappa shape index (κ3) is 1.11. The summed E-state index contributed by atoms with van der Waals surface area (Å²) in [5.41, 5.74) is 3.45. The molecule has 0 bridgehead atoms. The minimum absolute atomic E-state index is 0.931. The first-order valence-electron chi connectivity index (χ1n) is 7.04. The van der Waals surface area contributed by atoms with Crippen LogP contribution in [-0.4, -0.2) is 0 Å². The Kier molecular flexibility index (Phi) is 1.94. The molecule has 3 aliphatic carbocycles. The molecule has 1 aromatic carbocycles. The highest BCUT2D eigenvalue weighted by Gasteiger charge is 2.47. The lowest BCUT2D eigenvalue weighted by atomic mass is 9.64. The predicted octanol–water partition coefficient (Wildman–Crippen LogP) is 4.47. The van der Waals surface area contributed by atoms with Crippen LogP contribution in [0.2, 0.25) is 0 Å². The molecule has 4 rings (SSSR count). The van der Waals surface area contributed by atoms with E-state index in [1.807, 2.05) is 0 Å². The van der Waals surface area contributed by atoms with Gasteiger partial charge in [-0.05, 0) is 47.6 Å². The Hall–Kier alpha value is -0.780. The van der Waals surface area contributed by atoms with Gasteiger partial charge in [0.15, 0.2) is 0 Å². The molecule has 0 spiro atoms. The van der Waals surface area contributed by atoms with Crippen molar-refractivity contribution in [2.24, 2.45) is 11.8 Å². The van der Waals surface area contributed by atoms with E-state index in [9.17, 15) is 0 Å². The number of hydrogen-bond donors (Lipinski definition) is 0. The van der Waals surface area contributed by atoms with Crippen molar-refractivity contribution in [3.8, 4) is 0 Å². The van der Waals surface area contributed by atoms with E-state index in [0.29, 0.717) is 0 Å². The Bertz CT molecular complexity index is 369. The monoisotopic (exact) mass is 212 g/mol. The van der Waals surface area contributed by atoms with Gasteiger partial charge < -0.3 is 0 Å². The van der Waals surface area contributed by atoms with Gasteiger partial charge in [-0.3, -0.25) is 0 Å². The molecule has 2 atom stereocenters. The van der Waals surface area contributed by atoms with Crippen LogP contribution < -0.4 is 0 Å². The molecule has 1 aromatic rings. The van der Waals surface area contributed by atoms with Crippen molar-refractivity contribution in [1.82, 2.24) is 0 Å². The first kappa shape index (κ1) is 9.27. The highest BCUT2D eigenvalue weighted by molar-refractivity contribution is 5.41. The SMILES string of the molecule is c1ccc2c(c1)C1CCCC3CCCC2C31. The van der Waals surface area contributed by atoms with Crippen LogP contribution in [0.25, 0.3) is 0 Å². The van der Waals surface area contributed by atoms with Crippen molar-refractivity contribution in [2.75, 3.05) is 0 Å². The van der Waals surface area contributed by atoms with Gasteiger partial charge in [0.05, 0.1) is 0 Å². The van der Waals surface area contributed by atoms with Gasteiger partial charge in [0.2, 0.25) is 0 Å². The van der Waals surface area contributed by atoms with E-state index >= 15 is 0 Å². The smallest absolute Gasteiger partial charge is 0.0122 e. The molecule has 16 heavy (non-hydrogen) atoms. The molecule has 0 heterocycles. The summed E-state index contributed by atoms with van der Waals surface area (Å²) in [6, 6.07) is 9.33. The lowest BCUT2D eigenvalue weighted by Crippen LogP contribution is -2.30. The Labute approximate surface area is 98.1 Å². The second-order valence-electron chi connectivity index (χ2n) is 6.04. The summed E-state index contributed by atoms with van der Waals surface area (Å²) in [5, 5.41) is 0. The maximum atomic E-state index is 2.42. The first-order valence-corrected chi connectivity index (χ1v) is 7.04. The highest BCUT2D eigenvalue weighted by atomic mass is 14.5. The van der Waals surface area contributed by atoms with Gasteiger partial charge in [0, 0.05) is 0 Å². The fraction of sp³-hybridized carbons (Fsp3) is 0.625. The van der Waals surface area contributed by atoms with Crippen LogP contribution in [0, 0.1) is 11.8 Å². The zero-order valence-electron chi connectivity index (χ0n) is 9.86. The maximum Gasteiger partial charge on any atom is -0.0122 e. The van der Waals surface area contributed by atoms with Crippen LogP contribution in [0.1, 0.15) is 61.5 Å². The Morgan fingerprint density at radius 2 is 1.31 bits per heavy atom. The summed E-state index contributed by atoms with van der Waals surface area (Å²) >= 11 is 0. The lowest BCUT2D eigenvalue weighted by molar-refractivity contribution is 0.138. The van der Waals surface area contributed by atoms with Crippen molar-refractivity contribution in [2.45, 2.75) is 50.4 Å². The topological polar surface area (TPSA) is 0 Å². The van der Waals surface area contributed by atoms with Gasteiger partial charge >= 0.3 is 0 Å². The standard InChI is InChI=1S/C16H20/c1-2-8-13-12(7-1)14-9-3-5-11-6-4-10-15(13)16(11)14/h1-2,7-8,11,14-16H,3-6,9-10H2. The molecule has 0 heteroatoms. The van der Waals surface area contributed by atoms with Gasteiger partial charge in [-0.1, -0.05) is 49.9 Å². The van der Waals surface area contributed by atoms with Crippen molar-refractivity contribution < 1.29 is 0 Å². The van der Waals surface area contributed by atoms with Crippen LogP contribution in [0.3, 0.4) is 0 Å². The number of benzene rings is 1. The molecule has 2 saturated carbocycles. The molecule has 0 amide bonds. The Morgan fingerprint density at radius 1 is 0.750 bits per heavy atom. The molecular formula is C16H20. The fourth-order valence-corrected chi connectivity index (χ4v) is 4.96. The van der Waals surface area contributed by atoms with E-state index in [1.54, 1.807) is 11.1 Å². The van der Waals surface area contributed by atoms with E-state index < -0.39 is 0 Å². The molecular weight excluding hydrogens is 192 g/mol. The summed E-state index contributed by atoms with van der Waals surface area (Å²) in [6.07, 6.45) is 8.93. The second kappa shape index (κ2) is 3.35. The molecule has 2 unspecified atom stereocenters. The number of fused-ring (bicyclic) bond motifs is 3. The van der Waals surface area contributed by atoms with E-state index in [4.69, 9.17) is 0 Å². The van der Waals surface area contributed by atoms with E-state index in [2.05, 4.69) is 24.3 Å². The third-order valence-electron chi connectivity index (χ3n) is 5.45. The summed E-state index contributed by atoms with van der Waals surface area (Å²) in [7, 11) is 0. The third-order valence-corrected chi connectivity index (χ3v) is 5.45. The summed E-state index contributed by atoms with van der Waals surface area (Å²) in [6.45, 7) is 0. The summed E-state index contributed by atoms with van der Waals surface area (Å²) in [5.74, 6) is 3.95. The average Bonchev–Trinajstić information content (AvgIpc) is 2.68. The first-order chi connectivity index (χ1) is 7.95. The fourth-order valence-electron chi connectivity index (χ4n) is 4.96. The Balaban J connectivity index is 1.85. The number of rotatable bonds is 0. The number of hydrogen-bond acceptors (Lipinski definition) is 0. The van der Waals surface area contributed by atoms with Gasteiger partial charge in [0.25, 0.3) is 0 Å². The summed E-state index contributed by atoms with van der Waals surface area (Å²) in [4.78, 5) is 0. The van der Waals surface area contributed by atoms with Crippen LogP contribution in [0.15, 0.2) is 24.3 Å². The van der Waals surface area contributed by atoms with Gasteiger partial charge in [-0.25, -0.2) is 0 Å². The molecule has 2 fully saturated rings. The minimum atomic E-state index is 0.931. The van der Waals surface area contributed by atoms with Crippen molar-refractivity contribution >= 4 is 0 Å². The Morgan fingerprint density at radius 3 is 1.88 bits per heavy atom. The zero-order valence-corrected chi connectivity index (χ0v) is 9.86. The van der Waals surface area contributed by atoms with Gasteiger partial charge in [-0.15, -0.1) is 0 Å². The van der Waals surface area contributed by atoms with Crippen molar-refractivity contribution in [1.29, 1.82) is 0 Å². The molecule has 0 aliphatic heterocycles. The molecule has 84 valence electrons. The molecule has 0 saturated heterocycles. The van der Waals surface area contributed by atoms with Gasteiger partial charge in [0.1, 0.15) is 0 Å². The van der Waals surface area contributed by atoms with Crippen molar-refractivity contribution in [3.05, 3.63) is 35.4 Å². The van der Waals surface area contributed by atoms with Crippen LogP contribution in [0.5, 0.6) is 0 Å². The van der Waals surface area contributed by atoms with E-state index in [-0.39, 0.29) is 0 Å². The van der Waals surface area contributed by atoms with Crippen LogP contribution in [-0.2, 0) is 0 Å². The van der Waals surface area contributed by atoms with Gasteiger partial charge in [-0.2, -0.15) is 0 Å². The molecule has 0 radical (unpaired) electrons. The lowest BCUT2D eigenvalue weighted by Gasteiger charge is -2.41. The largest absolute Gasteiger partial charge is 0.0620 e. The summed E-state index contributed by atoms with van der Waals surface area (Å²) < 4.78 is 0. The van der Waals surface area contributed by atoms with Crippen LogP contribution >= 0.6 is 0 Å². The normalized spacial score (nSPS) is 40.2. The maximum absolute atomic E-state index is 2.42.